The molecule has 20 heavy (non-hydrogen) atoms. The van der Waals surface area contributed by atoms with E-state index in [1.54, 1.807) is 18.2 Å². The minimum absolute atomic E-state index is 0.0528. The lowest BCUT2D eigenvalue weighted by Gasteiger charge is -2.12. The fourth-order valence-electron chi connectivity index (χ4n) is 2.07. The summed E-state index contributed by atoms with van der Waals surface area (Å²) in [5.41, 5.74) is 1.26. The summed E-state index contributed by atoms with van der Waals surface area (Å²) in [6.07, 6.45) is 1.85. The first-order valence-electron chi connectivity index (χ1n) is 7.23. The Labute approximate surface area is 119 Å². The van der Waals surface area contributed by atoms with E-state index in [2.05, 4.69) is 17.6 Å². The summed E-state index contributed by atoms with van der Waals surface area (Å²) in [5.74, 6) is 0.562. The van der Waals surface area contributed by atoms with Crippen LogP contribution in [0.15, 0.2) is 24.3 Å². The number of amides is 2. The molecule has 1 aromatic rings. The Balaban J connectivity index is 2.00. The molecule has 4 heteroatoms. The molecule has 0 aromatic heterocycles. The van der Waals surface area contributed by atoms with Crippen molar-refractivity contribution in [2.75, 3.05) is 5.32 Å². The Kier molecular flexibility index (Phi) is 4.42. The SMILES string of the molecule is CCC(C)NC(=O)c1cccc(NC(=O)C2CC2C)c1. The minimum Gasteiger partial charge on any atom is -0.350 e. The number of benzene rings is 1. The van der Waals surface area contributed by atoms with Gasteiger partial charge in [-0.3, -0.25) is 9.59 Å². The smallest absolute Gasteiger partial charge is 0.251 e. The van der Waals surface area contributed by atoms with Crippen LogP contribution >= 0.6 is 0 Å². The van der Waals surface area contributed by atoms with E-state index in [-0.39, 0.29) is 23.8 Å². The van der Waals surface area contributed by atoms with Crippen molar-refractivity contribution in [3.05, 3.63) is 29.8 Å². The van der Waals surface area contributed by atoms with Crippen molar-refractivity contribution in [2.45, 2.75) is 39.7 Å². The van der Waals surface area contributed by atoms with Crippen molar-refractivity contribution < 1.29 is 9.59 Å². The summed E-state index contributed by atoms with van der Waals surface area (Å²) in [7, 11) is 0. The molecule has 1 aliphatic carbocycles. The Hall–Kier alpha value is -1.84. The van der Waals surface area contributed by atoms with Crippen molar-refractivity contribution in [3.8, 4) is 0 Å². The van der Waals surface area contributed by atoms with E-state index in [0.717, 1.165) is 12.8 Å². The van der Waals surface area contributed by atoms with Crippen LogP contribution in [0.4, 0.5) is 5.69 Å². The number of carbonyl (C=O) groups is 2. The zero-order valence-electron chi connectivity index (χ0n) is 12.3. The fraction of sp³-hybridized carbons (Fsp3) is 0.500. The molecule has 0 saturated heterocycles. The Morgan fingerprint density at radius 3 is 2.70 bits per heavy atom. The van der Waals surface area contributed by atoms with Crippen LogP contribution in [0.3, 0.4) is 0 Å². The number of rotatable bonds is 5. The summed E-state index contributed by atoms with van der Waals surface area (Å²) in [5, 5.41) is 5.79. The van der Waals surface area contributed by atoms with Crippen LogP contribution in [0, 0.1) is 11.8 Å². The molecule has 2 N–H and O–H groups in total. The van der Waals surface area contributed by atoms with Crippen LogP contribution < -0.4 is 10.6 Å². The van der Waals surface area contributed by atoms with E-state index in [1.807, 2.05) is 19.9 Å². The lowest BCUT2D eigenvalue weighted by atomic mass is 10.1. The molecule has 0 spiro atoms. The molecule has 108 valence electrons. The van der Waals surface area contributed by atoms with E-state index >= 15 is 0 Å². The molecule has 1 saturated carbocycles. The van der Waals surface area contributed by atoms with Crippen molar-refractivity contribution in [1.82, 2.24) is 5.32 Å². The van der Waals surface area contributed by atoms with Gasteiger partial charge >= 0.3 is 0 Å². The molecule has 0 aliphatic heterocycles. The third kappa shape index (κ3) is 3.59. The van der Waals surface area contributed by atoms with Gasteiger partial charge in [0.15, 0.2) is 0 Å². The van der Waals surface area contributed by atoms with E-state index in [1.165, 1.54) is 0 Å². The normalized spacial score (nSPS) is 21.9. The molecule has 0 bridgehead atoms. The van der Waals surface area contributed by atoms with Crippen LogP contribution in [-0.2, 0) is 4.79 Å². The molecular weight excluding hydrogens is 252 g/mol. The second-order valence-electron chi connectivity index (χ2n) is 5.67. The maximum absolute atomic E-state index is 12.0. The van der Waals surface area contributed by atoms with Gasteiger partial charge in [-0.15, -0.1) is 0 Å². The Bertz CT molecular complexity index is 513. The summed E-state index contributed by atoms with van der Waals surface area (Å²) in [6, 6.07) is 7.23. The highest BCUT2D eigenvalue weighted by Gasteiger charge is 2.39. The standard InChI is InChI=1S/C16H22N2O2/c1-4-11(3)17-15(19)12-6-5-7-13(9-12)18-16(20)14-8-10(14)2/h5-7,9-11,14H,4,8H2,1-3H3,(H,17,19)(H,18,20). The van der Waals surface area contributed by atoms with Gasteiger partial charge in [0, 0.05) is 23.2 Å². The molecule has 1 aromatic carbocycles. The van der Waals surface area contributed by atoms with Gasteiger partial charge in [-0.05, 0) is 43.9 Å². The first-order chi connectivity index (χ1) is 9.51. The quantitative estimate of drug-likeness (QED) is 0.867. The van der Waals surface area contributed by atoms with Crippen molar-refractivity contribution in [1.29, 1.82) is 0 Å². The van der Waals surface area contributed by atoms with Gasteiger partial charge in [-0.25, -0.2) is 0 Å². The van der Waals surface area contributed by atoms with Crippen LogP contribution in [-0.4, -0.2) is 17.9 Å². The topological polar surface area (TPSA) is 58.2 Å². The van der Waals surface area contributed by atoms with E-state index in [4.69, 9.17) is 0 Å². The summed E-state index contributed by atoms with van der Waals surface area (Å²) >= 11 is 0. The van der Waals surface area contributed by atoms with Gasteiger partial charge in [-0.2, -0.15) is 0 Å². The van der Waals surface area contributed by atoms with Crippen molar-refractivity contribution in [3.63, 3.8) is 0 Å². The van der Waals surface area contributed by atoms with Crippen LogP contribution in [0.2, 0.25) is 0 Å². The van der Waals surface area contributed by atoms with Gasteiger partial charge < -0.3 is 10.6 Å². The maximum Gasteiger partial charge on any atom is 0.251 e. The highest BCUT2D eigenvalue weighted by molar-refractivity contribution is 5.98. The van der Waals surface area contributed by atoms with E-state index in [9.17, 15) is 9.59 Å². The van der Waals surface area contributed by atoms with E-state index in [0.29, 0.717) is 17.2 Å². The number of nitrogens with one attached hydrogen (secondary N) is 2. The van der Waals surface area contributed by atoms with Gasteiger partial charge in [0.05, 0.1) is 0 Å². The highest BCUT2D eigenvalue weighted by atomic mass is 16.2. The summed E-state index contributed by atoms with van der Waals surface area (Å²) in [4.78, 5) is 23.9. The van der Waals surface area contributed by atoms with Crippen LogP contribution in [0.5, 0.6) is 0 Å². The molecule has 3 unspecified atom stereocenters. The van der Waals surface area contributed by atoms with Crippen LogP contribution in [0.25, 0.3) is 0 Å². The number of carbonyl (C=O) groups excluding carboxylic acids is 2. The van der Waals surface area contributed by atoms with Gasteiger partial charge in [0.1, 0.15) is 0 Å². The molecule has 1 aliphatic rings. The van der Waals surface area contributed by atoms with Gasteiger partial charge in [-0.1, -0.05) is 19.9 Å². The zero-order valence-corrected chi connectivity index (χ0v) is 12.3. The molecular formula is C16H22N2O2. The van der Waals surface area contributed by atoms with Crippen molar-refractivity contribution >= 4 is 17.5 Å². The highest BCUT2D eigenvalue weighted by Crippen LogP contribution is 2.38. The molecule has 2 amide bonds. The third-order valence-electron chi connectivity index (χ3n) is 3.83. The first-order valence-corrected chi connectivity index (χ1v) is 7.23. The molecule has 0 radical (unpaired) electrons. The van der Waals surface area contributed by atoms with E-state index < -0.39 is 0 Å². The predicted octanol–water partition coefficient (Wildman–Crippen LogP) is 2.81. The van der Waals surface area contributed by atoms with Gasteiger partial charge in [0.25, 0.3) is 5.91 Å². The predicted molar refractivity (Wildman–Crippen MR) is 79.6 cm³/mol. The summed E-state index contributed by atoms with van der Waals surface area (Å²) < 4.78 is 0. The first kappa shape index (κ1) is 14.6. The average molecular weight is 274 g/mol. The Morgan fingerprint density at radius 1 is 1.40 bits per heavy atom. The Morgan fingerprint density at radius 2 is 2.10 bits per heavy atom. The van der Waals surface area contributed by atoms with Gasteiger partial charge in [0.2, 0.25) is 5.91 Å². The number of anilines is 1. The average Bonchev–Trinajstić information content (AvgIpc) is 3.16. The van der Waals surface area contributed by atoms with Crippen molar-refractivity contribution in [2.24, 2.45) is 11.8 Å². The summed E-state index contributed by atoms with van der Waals surface area (Å²) in [6.45, 7) is 6.07. The number of hydrogen-bond acceptors (Lipinski definition) is 2. The molecule has 4 nitrogen and oxygen atoms in total. The minimum atomic E-state index is -0.102. The molecule has 0 heterocycles. The molecule has 2 rings (SSSR count). The number of hydrogen-bond donors (Lipinski definition) is 2. The third-order valence-corrected chi connectivity index (χ3v) is 3.83. The second-order valence-corrected chi connectivity index (χ2v) is 5.67. The fourth-order valence-corrected chi connectivity index (χ4v) is 2.07. The maximum atomic E-state index is 12.0. The second kappa shape index (κ2) is 6.07. The monoisotopic (exact) mass is 274 g/mol. The van der Waals surface area contributed by atoms with Crippen LogP contribution in [0.1, 0.15) is 44.0 Å². The molecule has 1 fully saturated rings. The molecule has 3 atom stereocenters. The largest absolute Gasteiger partial charge is 0.350 e. The zero-order chi connectivity index (χ0) is 14.7. The lowest BCUT2D eigenvalue weighted by molar-refractivity contribution is -0.117. The lowest BCUT2D eigenvalue weighted by Crippen LogP contribution is -2.31.